The molecule has 134 valence electrons. The fourth-order valence-corrected chi connectivity index (χ4v) is 3.61. The average Bonchev–Trinajstić information content (AvgIpc) is 2.57. The van der Waals surface area contributed by atoms with Crippen LogP contribution in [0, 0.1) is 10.1 Å². The smallest absolute Gasteiger partial charge is 0.289 e. The van der Waals surface area contributed by atoms with E-state index in [0.29, 0.717) is 5.69 Å². The zero-order valence-corrected chi connectivity index (χ0v) is 15.3. The van der Waals surface area contributed by atoms with Gasteiger partial charge < -0.3 is 4.90 Å². The molecule has 0 saturated heterocycles. The Labute approximate surface area is 151 Å². The molecule has 0 atom stereocenters. The van der Waals surface area contributed by atoms with Crippen molar-refractivity contribution in [2.24, 2.45) is 0 Å². The highest BCUT2D eigenvalue weighted by atomic mass is 35.5. The molecule has 0 bridgehead atoms. The van der Waals surface area contributed by atoms with Gasteiger partial charge in [-0.15, -0.1) is 0 Å². The van der Waals surface area contributed by atoms with Crippen LogP contribution in [0.25, 0.3) is 0 Å². The average molecular weight is 384 g/mol. The number of nitro benzene ring substituents is 1. The maximum absolute atomic E-state index is 12.4. The van der Waals surface area contributed by atoms with E-state index < -0.39 is 20.6 Å². The van der Waals surface area contributed by atoms with Crippen molar-refractivity contribution in [2.75, 3.05) is 22.7 Å². The summed E-state index contributed by atoms with van der Waals surface area (Å²) in [5.41, 5.74) is 0.894. The first kappa shape index (κ1) is 19.0. The Morgan fingerprint density at radius 3 is 2.24 bits per heavy atom. The van der Waals surface area contributed by atoms with Crippen molar-refractivity contribution in [3.8, 4) is 0 Å². The van der Waals surface area contributed by atoms with E-state index in [4.69, 9.17) is 11.6 Å². The molecule has 0 unspecified atom stereocenters. The van der Waals surface area contributed by atoms with E-state index in [-0.39, 0.29) is 9.92 Å². The molecule has 0 aliphatic heterocycles. The molecule has 2 aromatic rings. The highest BCUT2D eigenvalue weighted by Gasteiger charge is 2.20. The van der Waals surface area contributed by atoms with Gasteiger partial charge in [-0.1, -0.05) is 11.6 Å². The number of rotatable bonds is 7. The van der Waals surface area contributed by atoms with Crippen molar-refractivity contribution >= 4 is 38.7 Å². The van der Waals surface area contributed by atoms with Gasteiger partial charge in [-0.25, -0.2) is 8.42 Å². The molecule has 0 aliphatic carbocycles. The van der Waals surface area contributed by atoms with Gasteiger partial charge >= 0.3 is 0 Å². The van der Waals surface area contributed by atoms with Crippen LogP contribution in [0.15, 0.2) is 47.4 Å². The van der Waals surface area contributed by atoms with Crippen LogP contribution in [0.3, 0.4) is 0 Å². The van der Waals surface area contributed by atoms with Crippen LogP contribution in [-0.2, 0) is 10.0 Å². The molecule has 0 fully saturated rings. The Hall–Kier alpha value is -2.32. The van der Waals surface area contributed by atoms with Gasteiger partial charge in [-0.2, -0.15) is 0 Å². The fourth-order valence-electron chi connectivity index (χ4n) is 2.34. The van der Waals surface area contributed by atoms with Crippen molar-refractivity contribution in [2.45, 2.75) is 18.7 Å². The van der Waals surface area contributed by atoms with Crippen molar-refractivity contribution in [1.82, 2.24) is 0 Å². The summed E-state index contributed by atoms with van der Waals surface area (Å²) in [7, 11) is -3.96. The maximum Gasteiger partial charge on any atom is 0.289 e. The molecule has 1 N–H and O–H groups in total. The number of hydrogen-bond acceptors (Lipinski definition) is 5. The molecule has 2 aromatic carbocycles. The minimum absolute atomic E-state index is 0.118. The molecular weight excluding hydrogens is 366 g/mol. The Balaban J connectivity index is 2.27. The predicted molar refractivity (Wildman–Crippen MR) is 98.9 cm³/mol. The van der Waals surface area contributed by atoms with Gasteiger partial charge in [-0.3, -0.25) is 14.8 Å². The standard InChI is InChI=1S/C16H18ClN3O4S/c1-3-19(4-2)13-7-5-12(6-8-13)18-25(23,24)14-9-10-15(17)16(11-14)20(21)22/h5-11,18H,3-4H2,1-2H3. The second-order valence-corrected chi connectivity index (χ2v) is 7.28. The lowest BCUT2D eigenvalue weighted by Crippen LogP contribution is -2.21. The summed E-state index contributed by atoms with van der Waals surface area (Å²) in [6.45, 7) is 5.76. The first-order chi connectivity index (χ1) is 11.8. The van der Waals surface area contributed by atoms with Gasteiger partial charge in [0.25, 0.3) is 15.7 Å². The van der Waals surface area contributed by atoms with E-state index in [0.717, 1.165) is 24.8 Å². The summed E-state index contributed by atoms with van der Waals surface area (Å²) in [6.07, 6.45) is 0. The van der Waals surface area contributed by atoms with Gasteiger partial charge in [-0.05, 0) is 50.2 Å². The largest absolute Gasteiger partial charge is 0.372 e. The van der Waals surface area contributed by atoms with Crippen molar-refractivity contribution in [1.29, 1.82) is 0 Å². The zero-order chi connectivity index (χ0) is 18.6. The van der Waals surface area contributed by atoms with Gasteiger partial charge in [0.15, 0.2) is 0 Å². The summed E-state index contributed by atoms with van der Waals surface area (Å²) in [5.74, 6) is 0. The minimum atomic E-state index is -3.96. The quantitative estimate of drug-likeness (QED) is 0.578. The van der Waals surface area contributed by atoms with Gasteiger partial charge in [0.1, 0.15) is 5.02 Å². The van der Waals surface area contributed by atoms with Crippen molar-refractivity contribution in [3.63, 3.8) is 0 Å². The molecule has 25 heavy (non-hydrogen) atoms. The van der Waals surface area contributed by atoms with Crippen LogP contribution in [0.2, 0.25) is 5.02 Å². The zero-order valence-electron chi connectivity index (χ0n) is 13.8. The second kappa shape index (κ2) is 7.71. The highest BCUT2D eigenvalue weighted by molar-refractivity contribution is 7.92. The molecule has 9 heteroatoms. The van der Waals surface area contributed by atoms with E-state index in [1.165, 1.54) is 12.1 Å². The van der Waals surface area contributed by atoms with Crippen LogP contribution in [-0.4, -0.2) is 26.4 Å². The normalized spacial score (nSPS) is 11.2. The van der Waals surface area contributed by atoms with E-state index in [1.807, 2.05) is 26.0 Å². The predicted octanol–water partition coefficient (Wildman–Crippen LogP) is 3.90. The lowest BCUT2D eigenvalue weighted by molar-refractivity contribution is -0.384. The minimum Gasteiger partial charge on any atom is -0.372 e. The SMILES string of the molecule is CCN(CC)c1ccc(NS(=O)(=O)c2ccc(Cl)c([N+](=O)[O-])c2)cc1. The third-order valence-electron chi connectivity index (χ3n) is 3.67. The first-order valence-electron chi connectivity index (χ1n) is 7.60. The molecule has 2 rings (SSSR count). The lowest BCUT2D eigenvalue weighted by atomic mass is 10.2. The Bertz CT molecular complexity index is 865. The second-order valence-electron chi connectivity index (χ2n) is 5.19. The molecular formula is C16H18ClN3O4S. The van der Waals surface area contributed by atoms with Crippen molar-refractivity contribution < 1.29 is 13.3 Å². The highest BCUT2D eigenvalue weighted by Crippen LogP contribution is 2.28. The number of nitrogens with zero attached hydrogens (tertiary/aromatic N) is 2. The molecule has 7 nitrogen and oxygen atoms in total. The molecule has 0 saturated carbocycles. The fraction of sp³-hybridized carbons (Fsp3) is 0.250. The molecule has 0 heterocycles. The number of anilines is 2. The van der Waals surface area contributed by atoms with Crippen LogP contribution >= 0.6 is 11.6 Å². The number of sulfonamides is 1. The molecule has 0 aliphatic rings. The molecule has 0 amide bonds. The Kier molecular flexibility index (Phi) is 5.86. The molecule has 0 spiro atoms. The van der Waals surface area contributed by atoms with E-state index in [1.54, 1.807) is 12.1 Å². The number of nitro groups is 1. The summed E-state index contributed by atoms with van der Waals surface area (Å²) in [6, 6.07) is 10.3. The lowest BCUT2D eigenvalue weighted by Gasteiger charge is -2.21. The van der Waals surface area contributed by atoms with Crippen LogP contribution < -0.4 is 9.62 Å². The Morgan fingerprint density at radius 2 is 1.72 bits per heavy atom. The summed E-state index contributed by atoms with van der Waals surface area (Å²) < 4.78 is 27.3. The molecule has 0 aromatic heterocycles. The summed E-state index contributed by atoms with van der Waals surface area (Å²) >= 11 is 5.71. The molecule has 0 radical (unpaired) electrons. The third-order valence-corrected chi connectivity index (χ3v) is 5.37. The van der Waals surface area contributed by atoms with Gasteiger partial charge in [0, 0.05) is 30.5 Å². The summed E-state index contributed by atoms with van der Waals surface area (Å²) in [4.78, 5) is 12.1. The van der Waals surface area contributed by atoms with E-state index >= 15 is 0 Å². The van der Waals surface area contributed by atoms with Crippen LogP contribution in [0.5, 0.6) is 0 Å². The number of nitrogens with one attached hydrogen (secondary N) is 1. The van der Waals surface area contributed by atoms with Crippen LogP contribution in [0.4, 0.5) is 17.1 Å². The van der Waals surface area contributed by atoms with Gasteiger partial charge in [0.05, 0.1) is 9.82 Å². The van der Waals surface area contributed by atoms with E-state index in [2.05, 4.69) is 9.62 Å². The van der Waals surface area contributed by atoms with E-state index in [9.17, 15) is 18.5 Å². The first-order valence-corrected chi connectivity index (χ1v) is 9.46. The number of halogens is 1. The van der Waals surface area contributed by atoms with Gasteiger partial charge in [0.2, 0.25) is 0 Å². The number of hydrogen-bond donors (Lipinski definition) is 1. The summed E-state index contributed by atoms with van der Waals surface area (Å²) in [5, 5.41) is 10.8. The monoisotopic (exact) mass is 383 g/mol. The Morgan fingerprint density at radius 1 is 1.12 bits per heavy atom. The van der Waals surface area contributed by atoms with Crippen LogP contribution in [0.1, 0.15) is 13.8 Å². The maximum atomic E-state index is 12.4. The third kappa shape index (κ3) is 4.40. The number of benzene rings is 2. The van der Waals surface area contributed by atoms with Crippen molar-refractivity contribution in [3.05, 3.63) is 57.6 Å². The topological polar surface area (TPSA) is 92.6 Å².